The molecule has 0 radical (unpaired) electrons. The first-order chi connectivity index (χ1) is 9.69. The van der Waals surface area contributed by atoms with Crippen molar-refractivity contribution in [1.29, 1.82) is 0 Å². The number of carbonyl (C=O) groups excluding carboxylic acids is 1. The van der Waals surface area contributed by atoms with Crippen molar-refractivity contribution in [3.8, 4) is 0 Å². The molecule has 0 atom stereocenters. The second kappa shape index (κ2) is 7.43. The number of benzene rings is 1. The van der Waals surface area contributed by atoms with Crippen LogP contribution < -0.4 is 10.2 Å². The molecule has 0 bridgehead atoms. The van der Waals surface area contributed by atoms with E-state index in [1.165, 1.54) is 4.90 Å². The van der Waals surface area contributed by atoms with Gasteiger partial charge in [-0.1, -0.05) is 17.7 Å². The van der Waals surface area contributed by atoms with Crippen molar-refractivity contribution in [2.24, 2.45) is 0 Å². The van der Waals surface area contributed by atoms with Crippen LogP contribution in [0.3, 0.4) is 0 Å². The van der Waals surface area contributed by atoms with Gasteiger partial charge in [0.15, 0.2) is 0 Å². The Labute approximate surface area is 129 Å². The Bertz CT molecular complexity index is 512. The molecular weight excluding hydrogens is 292 g/mol. The van der Waals surface area contributed by atoms with Crippen LogP contribution in [0.25, 0.3) is 0 Å². The van der Waals surface area contributed by atoms with Crippen molar-refractivity contribution in [3.63, 3.8) is 0 Å². The van der Waals surface area contributed by atoms with Gasteiger partial charge in [0.2, 0.25) is 5.91 Å². The van der Waals surface area contributed by atoms with Gasteiger partial charge < -0.3 is 15.3 Å². The summed E-state index contributed by atoms with van der Waals surface area (Å²) in [6.07, 6.45) is 0.219. The molecule has 0 saturated carbocycles. The van der Waals surface area contributed by atoms with Gasteiger partial charge in [-0.3, -0.25) is 9.59 Å². The first kappa shape index (κ1) is 17.5. The lowest BCUT2D eigenvalue weighted by Crippen LogP contribution is -2.41. The Hall–Kier alpha value is -1.59. The second-order valence-corrected chi connectivity index (χ2v) is 6.22. The van der Waals surface area contributed by atoms with E-state index >= 15 is 0 Å². The Balaban J connectivity index is 2.78. The highest BCUT2D eigenvalue weighted by Crippen LogP contribution is 2.20. The number of carboxylic acid groups (broad SMARTS) is 1. The number of carbonyl (C=O) groups is 2. The van der Waals surface area contributed by atoms with Gasteiger partial charge in [-0.05, 0) is 39.0 Å². The minimum atomic E-state index is -1.06. The Morgan fingerprint density at radius 1 is 1.33 bits per heavy atom. The molecule has 6 heteroatoms. The first-order valence-corrected chi connectivity index (χ1v) is 7.09. The molecule has 0 fully saturated rings. The number of amides is 1. The second-order valence-electron chi connectivity index (χ2n) is 5.78. The number of nitrogens with one attached hydrogen (secondary N) is 1. The van der Waals surface area contributed by atoms with Gasteiger partial charge >= 0.3 is 5.97 Å². The van der Waals surface area contributed by atoms with Crippen LogP contribution in [0.1, 0.15) is 27.2 Å². The molecule has 0 aliphatic heterocycles. The largest absolute Gasteiger partial charge is 0.480 e. The fourth-order valence-electron chi connectivity index (χ4n) is 1.78. The lowest BCUT2D eigenvalue weighted by Gasteiger charge is -2.24. The molecule has 1 aromatic rings. The molecule has 5 nitrogen and oxygen atoms in total. The topological polar surface area (TPSA) is 69.6 Å². The molecule has 0 unspecified atom stereocenters. The SMILES string of the molecule is CC(C)(C)NCCC(=O)N(CC(=O)O)c1cccc(Cl)c1. The summed E-state index contributed by atoms with van der Waals surface area (Å²) in [6.45, 7) is 6.12. The highest BCUT2D eigenvalue weighted by molar-refractivity contribution is 6.30. The molecule has 116 valence electrons. The van der Waals surface area contributed by atoms with E-state index < -0.39 is 5.97 Å². The molecule has 0 aliphatic carbocycles. The quantitative estimate of drug-likeness (QED) is 0.847. The summed E-state index contributed by atoms with van der Waals surface area (Å²) in [6, 6.07) is 6.62. The lowest BCUT2D eigenvalue weighted by atomic mass is 10.1. The van der Waals surface area contributed by atoms with Crippen molar-refractivity contribution in [1.82, 2.24) is 5.32 Å². The fraction of sp³-hybridized carbons (Fsp3) is 0.467. The van der Waals surface area contributed by atoms with E-state index in [1.807, 2.05) is 20.8 Å². The van der Waals surface area contributed by atoms with Crippen LogP contribution >= 0.6 is 11.6 Å². The number of hydrogen-bond donors (Lipinski definition) is 2. The molecule has 1 rings (SSSR count). The molecule has 21 heavy (non-hydrogen) atoms. The van der Waals surface area contributed by atoms with Crippen molar-refractivity contribution in [2.45, 2.75) is 32.7 Å². The summed E-state index contributed by atoms with van der Waals surface area (Å²) in [5, 5.41) is 12.6. The number of carboxylic acids is 1. The van der Waals surface area contributed by atoms with Gasteiger partial charge in [0.1, 0.15) is 6.54 Å². The van der Waals surface area contributed by atoms with Crippen LogP contribution in [0.5, 0.6) is 0 Å². The minimum Gasteiger partial charge on any atom is -0.480 e. The maximum absolute atomic E-state index is 12.3. The third-order valence-electron chi connectivity index (χ3n) is 2.71. The van der Waals surface area contributed by atoms with Crippen molar-refractivity contribution < 1.29 is 14.7 Å². The van der Waals surface area contributed by atoms with E-state index in [0.29, 0.717) is 17.3 Å². The van der Waals surface area contributed by atoms with Crippen LogP contribution in [0.2, 0.25) is 5.02 Å². The van der Waals surface area contributed by atoms with Crippen molar-refractivity contribution >= 4 is 29.2 Å². The maximum atomic E-state index is 12.3. The normalized spacial score (nSPS) is 11.2. The molecule has 0 aliphatic rings. The number of nitrogens with zero attached hydrogens (tertiary/aromatic N) is 1. The summed E-state index contributed by atoms with van der Waals surface area (Å²) in [5.41, 5.74) is 0.402. The third kappa shape index (κ3) is 6.60. The monoisotopic (exact) mass is 312 g/mol. The summed E-state index contributed by atoms with van der Waals surface area (Å²) in [5.74, 6) is -1.32. The fourth-order valence-corrected chi connectivity index (χ4v) is 1.97. The Morgan fingerprint density at radius 3 is 2.52 bits per heavy atom. The van der Waals surface area contributed by atoms with Crippen LogP contribution in [0.15, 0.2) is 24.3 Å². The Kier molecular flexibility index (Phi) is 6.18. The van der Waals surface area contributed by atoms with Gasteiger partial charge in [0.05, 0.1) is 0 Å². The van der Waals surface area contributed by atoms with Crippen LogP contribution in [0.4, 0.5) is 5.69 Å². The highest BCUT2D eigenvalue weighted by atomic mass is 35.5. The molecule has 0 saturated heterocycles. The van der Waals surface area contributed by atoms with E-state index in [1.54, 1.807) is 24.3 Å². The minimum absolute atomic E-state index is 0.0893. The Morgan fingerprint density at radius 2 is 2.00 bits per heavy atom. The molecule has 0 aromatic heterocycles. The molecule has 0 heterocycles. The third-order valence-corrected chi connectivity index (χ3v) is 2.94. The zero-order valence-corrected chi connectivity index (χ0v) is 13.3. The molecule has 0 spiro atoms. The summed E-state index contributed by atoms with van der Waals surface area (Å²) >= 11 is 5.90. The number of anilines is 1. The molecular formula is C15H21ClN2O3. The van der Waals surface area contributed by atoms with Gasteiger partial charge in [0.25, 0.3) is 0 Å². The van der Waals surface area contributed by atoms with Gasteiger partial charge in [-0.25, -0.2) is 0 Å². The summed E-state index contributed by atoms with van der Waals surface area (Å²) < 4.78 is 0. The van der Waals surface area contributed by atoms with E-state index in [9.17, 15) is 9.59 Å². The zero-order chi connectivity index (χ0) is 16.0. The molecule has 2 N–H and O–H groups in total. The zero-order valence-electron chi connectivity index (χ0n) is 12.5. The number of rotatable bonds is 6. The van der Waals surface area contributed by atoms with Gasteiger partial charge in [-0.2, -0.15) is 0 Å². The van der Waals surface area contributed by atoms with Crippen LogP contribution in [-0.4, -0.2) is 35.6 Å². The standard InChI is InChI=1S/C15H21ClN2O3/c1-15(2,3)17-8-7-13(19)18(10-14(20)21)12-6-4-5-11(16)9-12/h4-6,9,17H,7-8,10H2,1-3H3,(H,20,21). The van der Waals surface area contributed by atoms with Crippen molar-refractivity contribution in [2.75, 3.05) is 18.0 Å². The van der Waals surface area contributed by atoms with Gasteiger partial charge in [-0.15, -0.1) is 0 Å². The van der Waals surface area contributed by atoms with Gasteiger partial charge in [0, 0.05) is 29.2 Å². The van der Waals surface area contributed by atoms with Crippen LogP contribution in [-0.2, 0) is 9.59 Å². The van der Waals surface area contributed by atoms with E-state index in [-0.39, 0.29) is 24.4 Å². The lowest BCUT2D eigenvalue weighted by molar-refractivity contribution is -0.136. The molecule has 1 aromatic carbocycles. The summed E-state index contributed by atoms with van der Waals surface area (Å²) in [7, 11) is 0. The average Bonchev–Trinajstić information content (AvgIpc) is 2.34. The predicted octanol–water partition coefficient (Wildman–Crippen LogP) is 2.54. The average molecular weight is 313 g/mol. The van der Waals surface area contributed by atoms with Crippen LogP contribution in [0, 0.1) is 0 Å². The number of aliphatic carboxylic acids is 1. The number of hydrogen-bond acceptors (Lipinski definition) is 3. The van der Waals surface area contributed by atoms with E-state index in [2.05, 4.69) is 5.32 Å². The maximum Gasteiger partial charge on any atom is 0.323 e. The first-order valence-electron chi connectivity index (χ1n) is 6.72. The van der Waals surface area contributed by atoms with E-state index in [4.69, 9.17) is 16.7 Å². The van der Waals surface area contributed by atoms with Crippen molar-refractivity contribution in [3.05, 3.63) is 29.3 Å². The number of halogens is 1. The van der Waals surface area contributed by atoms with E-state index in [0.717, 1.165) is 0 Å². The summed E-state index contributed by atoms with van der Waals surface area (Å²) in [4.78, 5) is 24.5. The highest BCUT2D eigenvalue weighted by Gasteiger charge is 2.19. The molecule has 1 amide bonds. The predicted molar refractivity (Wildman–Crippen MR) is 83.8 cm³/mol. The smallest absolute Gasteiger partial charge is 0.323 e.